The van der Waals surface area contributed by atoms with Crippen molar-refractivity contribution < 1.29 is 23.6 Å². The number of pyridine rings is 7. The molecule has 41 heteroatoms. The van der Waals surface area contributed by atoms with Crippen LogP contribution in [0.2, 0.25) is 10.0 Å². The number of aromatic nitrogens is 24. The quantitative estimate of drug-likeness (QED) is 0.0231. The van der Waals surface area contributed by atoms with Gasteiger partial charge >= 0.3 is 0 Å². The molecule has 4 aromatic carbocycles. The van der Waals surface area contributed by atoms with E-state index in [-0.39, 0.29) is 23.5 Å². The van der Waals surface area contributed by atoms with E-state index in [1.165, 1.54) is 42.1 Å². The summed E-state index contributed by atoms with van der Waals surface area (Å²) in [6, 6.07) is 50.8. The predicted octanol–water partition coefficient (Wildman–Crippen LogP) is 25.1. The molecule has 0 atom stereocenters. The number of benzene rings is 4. The Labute approximate surface area is 884 Å². The van der Waals surface area contributed by atoms with Gasteiger partial charge in [-0.2, -0.15) is 0 Å². The molecule has 18 aromatic heterocycles. The number of carbonyl (C=O) groups excluding carboxylic acids is 4. The Balaban J connectivity index is 0.000000122. The number of ketones is 1. The van der Waals surface area contributed by atoms with Crippen LogP contribution in [0.25, 0.3) is 185 Å². The summed E-state index contributed by atoms with van der Waals surface area (Å²) in [6.07, 6.45) is 34.3. The van der Waals surface area contributed by atoms with Gasteiger partial charge in [-0.05, 0) is 153 Å². The van der Waals surface area contributed by atoms with Gasteiger partial charge in [-0.15, -0.1) is 66.9 Å². The maximum atomic E-state index is 11.7. The van der Waals surface area contributed by atoms with E-state index in [0.29, 0.717) is 52.1 Å². The molecule has 0 aliphatic rings. The van der Waals surface area contributed by atoms with Crippen molar-refractivity contribution in [2.24, 2.45) is 0 Å². The number of anilines is 5. The molecule has 22 rings (SSSR count). The van der Waals surface area contributed by atoms with E-state index in [4.69, 9.17) is 52.5 Å². The number of aromatic amines is 5. The van der Waals surface area contributed by atoms with E-state index in [0.717, 1.165) is 221 Å². The molecule has 0 saturated carbocycles. The standard InChI is InChI=1S/C22H22ClN5S.C22H17N7O2S.C22H16N6OS.C21H18ClN5OS.C21H20N6OS/c1-3-5-14-6-7-17(23)16(12-14)19-20(21-26-10-11-27-21)29-22(28-19)15-8-9-25-18(13-15)24-4-2;1-12(30)26-17-11-16(7-8-23-17)22-27-18(19(32-22)20-24-9-10-25-20)14-3-5-15(6-4-14)21-29-28-13(2)31-21;1-13(29)27-18-11-14(5-8-24-18)22-28-19(20(30-22)21-25-9-10-26-21)17-4-2-3-15-12-23-7-6-16(15)17;1-3-17(28)26-16-11-13(6-7-23-16)21-27-18(14-5-4-12(2)10-15(14)22)19(29-21)20-24-8-9-25-20;1-13(28)10-16-11-14(6-7-22-16)21-26-18(19(29-21)20-23-8-9-24-20)15-4-5-17(25-12-15)27(2)3/h6-13H,3-5H2,1-2H3,(H,24,25)(H,26,27);3-11H,1-2H3,(H,24,25)(H,23,26,30);2-12H,1H3,(H,25,26)(H,24,27,29);4-11H,3H2,1-2H3,(H,24,25)(H,23,26,28);4-9,11-12H,10H2,1-3H3,(H,23,24). The SMILES string of the molecule is CC(=O)Cc1cc(-c2nc(-c3ccc(N(C)C)nc3)c(-c3ncc[nH]3)s2)ccn1.CC(=O)Nc1cc(-c2nc(-c3ccc(-c4nnc(C)o4)cc3)c(-c3ncc[nH]3)s2)ccn1.CC(=O)Nc1cc(-c2nc(-c3cccc4cnccc34)c(-c3ncc[nH]3)s2)ccn1.CCC(=O)Nc1cc(-c2nc(-c3ccc(C)cc3Cl)c(-c3ncc[nH]3)s2)ccn1.CCCc1ccc(Cl)c(-c2nc(-c3ccnc(NCC)c3)sc2-c2ncc[nH]2)c1. The average molecular weight is 2110 g/mol. The third kappa shape index (κ3) is 24.8. The largest absolute Gasteiger partial charge is 0.421 e. The summed E-state index contributed by atoms with van der Waals surface area (Å²) in [5.74, 6) is 7.61. The van der Waals surface area contributed by atoms with Crippen LogP contribution in [0.5, 0.6) is 0 Å². The third-order valence-corrected chi connectivity index (χ3v) is 28.5. The monoisotopic (exact) mass is 2110 g/mol. The summed E-state index contributed by atoms with van der Waals surface area (Å²) < 4.78 is 5.51. The van der Waals surface area contributed by atoms with E-state index < -0.39 is 0 Å². The molecule has 0 saturated heterocycles. The Morgan fingerprint density at radius 2 is 0.852 bits per heavy atom. The van der Waals surface area contributed by atoms with Crippen LogP contribution in [0.3, 0.4) is 0 Å². The van der Waals surface area contributed by atoms with Crippen molar-refractivity contribution >= 4 is 143 Å². The highest BCUT2D eigenvalue weighted by Crippen LogP contribution is 2.48. The number of Topliss-reactive ketones (excluding diaryl/α,β-unsaturated/α-hetero) is 1. The minimum Gasteiger partial charge on any atom is -0.421 e. The first-order valence-electron chi connectivity index (χ1n) is 46.9. The molecule has 0 aliphatic carbocycles. The number of imidazole rings is 5. The molecule has 18 heterocycles. The van der Waals surface area contributed by atoms with Crippen LogP contribution in [0.4, 0.5) is 29.1 Å². The summed E-state index contributed by atoms with van der Waals surface area (Å²) in [7, 11) is 3.92. The van der Waals surface area contributed by atoms with Crippen LogP contribution in [0.15, 0.2) is 274 Å². The van der Waals surface area contributed by atoms with Crippen molar-refractivity contribution in [2.75, 3.05) is 46.8 Å². The molecule has 3 amide bonds. The Kier molecular flexibility index (Phi) is 32.3. The normalized spacial score (nSPS) is 10.9. The third-order valence-electron chi connectivity index (χ3n) is 22.3. The second-order valence-corrected chi connectivity index (χ2v) is 39.4. The molecular formula is C108H93Cl2N29O5S5. The number of carbonyl (C=O) groups is 4. The number of nitrogens with one attached hydrogen (secondary N) is 9. The lowest BCUT2D eigenvalue weighted by Gasteiger charge is -2.10. The molecule has 744 valence electrons. The van der Waals surface area contributed by atoms with Crippen LogP contribution >= 0.6 is 79.9 Å². The molecule has 0 radical (unpaired) electrons. The summed E-state index contributed by atoms with van der Waals surface area (Å²) in [5.41, 5.74) is 17.2. The topological polar surface area (TPSA) is 457 Å². The van der Waals surface area contributed by atoms with Crippen LogP contribution in [0, 0.1) is 13.8 Å². The average Bonchev–Trinajstić information content (AvgIpc) is 2.00. The number of fused-ring (bicyclic) bond motifs is 1. The fourth-order valence-corrected chi connectivity index (χ4v) is 21.2. The predicted molar refractivity (Wildman–Crippen MR) is 592 cm³/mol. The zero-order chi connectivity index (χ0) is 104. The van der Waals surface area contributed by atoms with Crippen LogP contribution in [0.1, 0.15) is 77.1 Å². The second-order valence-electron chi connectivity index (χ2n) is 33.6. The Morgan fingerprint density at radius 1 is 0.396 bits per heavy atom. The van der Waals surface area contributed by atoms with Crippen LogP contribution in [-0.4, -0.2) is 164 Å². The van der Waals surface area contributed by atoms with Crippen LogP contribution < -0.4 is 26.2 Å². The van der Waals surface area contributed by atoms with Gasteiger partial charge in [0.25, 0.3) is 0 Å². The summed E-state index contributed by atoms with van der Waals surface area (Å²) in [4.78, 5) is 145. The van der Waals surface area contributed by atoms with E-state index >= 15 is 0 Å². The molecule has 22 aromatic rings. The molecule has 34 nitrogen and oxygen atoms in total. The maximum Gasteiger partial charge on any atom is 0.247 e. The highest BCUT2D eigenvalue weighted by Gasteiger charge is 2.28. The number of rotatable bonds is 27. The second kappa shape index (κ2) is 47.3. The zero-order valence-corrected chi connectivity index (χ0v) is 87.3. The van der Waals surface area contributed by atoms with Gasteiger partial charge in [0.2, 0.25) is 29.5 Å². The zero-order valence-electron chi connectivity index (χ0n) is 81.7. The number of thiazole rings is 5. The first-order chi connectivity index (χ1) is 72.5. The lowest BCUT2D eigenvalue weighted by Crippen LogP contribution is -2.10. The Bertz CT molecular complexity index is 8410. The summed E-state index contributed by atoms with van der Waals surface area (Å²) >= 11 is 20.8. The molecular weight excluding hydrogens is 2010 g/mol. The molecule has 0 bridgehead atoms. The number of halogens is 2. The maximum absolute atomic E-state index is 11.7. The van der Waals surface area contributed by atoms with Crippen molar-refractivity contribution in [3.05, 3.63) is 302 Å². The highest BCUT2D eigenvalue weighted by molar-refractivity contribution is 7.20. The number of aryl methyl sites for hydroxylation is 3. The number of hydrogen-bond acceptors (Lipinski definition) is 31. The smallest absolute Gasteiger partial charge is 0.247 e. The first-order valence-corrected chi connectivity index (χ1v) is 51.7. The molecule has 9 N–H and O–H groups in total. The van der Waals surface area contributed by atoms with Crippen molar-refractivity contribution in [2.45, 2.75) is 81.1 Å². The van der Waals surface area contributed by atoms with Crippen LogP contribution in [-0.2, 0) is 32.0 Å². The summed E-state index contributed by atoms with van der Waals surface area (Å²) in [6.45, 7) is 15.1. The molecule has 0 aliphatic heterocycles. The number of amides is 3. The fourth-order valence-electron chi connectivity index (χ4n) is 15.5. The minimum absolute atomic E-state index is 0.0813. The van der Waals surface area contributed by atoms with Gasteiger partial charge in [0.05, 0.1) is 62.9 Å². The minimum atomic E-state index is -0.178. The van der Waals surface area contributed by atoms with Gasteiger partial charge in [0, 0.05) is 238 Å². The van der Waals surface area contributed by atoms with Gasteiger partial charge in [0.1, 0.15) is 89.0 Å². The lowest BCUT2D eigenvalue weighted by molar-refractivity contribution is -0.117. The molecule has 0 fully saturated rings. The van der Waals surface area contributed by atoms with E-state index in [9.17, 15) is 19.2 Å². The van der Waals surface area contributed by atoms with Gasteiger partial charge in [-0.1, -0.05) is 92.0 Å². The molecule has 149 heavy (non-hydrogen) atoms. The van der Waals surface area contributed by atoms with Crippen molar-refractivity contribution in [3.63, 3.8) is 0 Å². The lowest BCUT2D eigenvalue weighted by atomic mass is 10.0. The van der Waals surface area contributed by atoms with Crippen molar-refractivity contribution in [3.8, 4) is 174 Å². The number of hydrogen-bond donors (Lipinski definition) is 9. The fraction of sp³-hybridized carbons (Fsp3) is 0.139. The van der Waals surface area contributed by atoms with Gasteiger partial charge in [-0.3, -0.25) is 29.1 Å². The van der Waals surface area contributed by atoms with E-state index in [1.54, 1.807) is 154 Å². The van der Waals surface area contributed by atoms with Gasteiger partial charge < -0.3 is 55.5 Å². The number of nitrogens with zero attached hydrogens (tertiary/aromatic N) is 20. The summed E-state index contributed by atoms with van der Waals surface area (Å²) in [5, 5.41) is 27.0. The van der Waals surface area contributed by atoms with Gasteiger partial charge in [-0.25, -0.2) is 74.8 Å². The Hall–Kier alpha value is -17.2. The van der Waals surface area contributed by atoms with Crippen molar-refractivity contribution in [1.82, 2.24) is 120 Å². The molecule has 0 spiro atoms. The Morgan fingerprint density at radius 3 is 1.30 bits per heavy atom. The number of H-pyrrole nitrogens is 5. The highest BCUT2D eigenvalue weighted by atomic mass is 35.5. The van der Waals surface area contributed by atoms with Crippen molar-refractivity contribution in [1.29, 1.82) is 0 Å². The molecule has 0 unspecified atom stereocenters. The van der Waals surface area contributed by atoms with E-state index in [2.05, 4.69) is 148 Å². The first kappa shape index (κ1) is 102. The van der Waals surface area contributed by atoms with E-state index in [1.807, 2.05) is 178 Å². The van der Waals surface area contributed by atoms with Gasteiger partial charge in [0.15, 0.2) is 0 Å².